The van der Waals surface area contributed by atoms with Crippen LogP contribution in [0.3, 0.4) is 0 Å². The van der Waals surface area contributed by atoms with Crippen molar-refractivity contribution in [2.24, 2.45) is 5.41 Å². The van der Waals surface area contributed by atoms with Gasteiger partial charge in [0.15, 0.2) is 11.9 Å². The molecule has 4 aliphatic rings. The number of hydrogen-bond acceptors (Lipinski definition) is 5. The van der Waals surface area contributed by atoms with E-state index in [4.69, 9.17) is 9.47 Å². The number of rotatable bonds is 2. The van der Waals surface area contributed by atoms with Gasteiger partial charge in [0.25, 0.3) is 0 Å². The number of carbonyl (C=O) groups is 2. The van der Waals surface area contributed by atoms with Gasteiger partial charge in [-0.15, -0.1) is 0 Å². The van der Waals surface area contributed by atoms with Crippen molar-refractivity contribution in [2.45, 2.75) is 76.5 Å². The maximum atomic E-state index is 12.9. The highest BCUT2D eigenvalue weighted by atomic mass is 16.5. The summed E-state index contributed by atoms with van der Waals surface area (Å²) in [6, 6.07) is 4.03. The Labute approximate surface area is 177 Å². The topological polar surface area (TPSA) is 72.8 Å². The summed E-state index contributed by atoms with van der Waals surface area (Å²) in [6.45, 7) is 8.51. The quantitative estimate of drug-likeness (QED) is 0.594. The number of nitrogens with zero attached hydrogens (tertiary/aromatic N) is 1. The van der Waals surface area contributed by atoms with Crippen LogP contribution in [-0.2, 0) is 26.2 Å². The molecule has 1 saturated heterocycles. The Morgan fingerprint density at radius 2 is 2.07 bits per heavy atom. The highest BCUT2D eigenvalue weighted by molar-refractivity contribution is 5.89. The second kappa shape index (κ2) is 5.86. The zero-order chi connectivity index (χ0) is 21.7. The molecule has 2 heterocycles. The molecule has 1 aromatic rings. The molecule has 2 fully saturated rings. The molecule has 2 aliphatic heterocycles. The third kappa shape index (κ3) is 2.27. The van der Waals surface area contributed by atoms with E-state index in [2.05, 4.69) is 19.2 Å². The number of aliphatic hydroxyl groups is 1. The number of likely N-dealkylation sites (N-methyl/N-ethyl adjacent to an activating group) is 1. The maximum absolute atomic E-state index is 12.9. The minimum atomic E-state index is -1.06. The fraction of sp³-hybridized carbons (Fsp3) is 0.667. The van der Waals surface area contributed by atoms with Crippen molar-refractivity contribution >= 4 is 11.8 Å². The average Bonchev–Trinajstić information content (AvgIpc) is 3.03. The summed E-state index contributed by atoms with van der Waals surface area (Å²) in [5.41, 5.74) is 0.936. The molecule has 30 heavy (non-hydrogen) atoms. The van der Waals surface area contributed by atoms with Gasteiger partial charge in [-0.1, -0.05) is 12.1 Å². The Morgan fingerprint density at radius 3 is 2.77 bits per heavy atom. The summed E-state index contributed by atoms with van der Waals surface area (Å²) in [5, 5.41) is 12.3. The van der Waals surface area contributed by atoms with Crippen LogP contribution >= 0.6 is 0 Å². The van der Waals surface area contributed by atoms with Crippen LogP contribution < -0.4 is 4.74 Å². The van der Waals surface area contributed by atoms with Gasteiger partial charge in [0.05, 0.1) is 24.4 Å². The number of hydrogen-bond donors (Lipinski definition) is 1. The lowest BCUT2D eigenvalue weighted by atomic mass is 9.48. The molecular weight excluding hydrogens is 382 g/mol. The lowest BCUT2D eigenvalue weighted by molar-refractivity contribution is -0.963. The molecule has 6 nitrogen and oxygen atoms in total. The van der Waals surface area contributed by atoms with Crippen molar-refractivity contribution in [1.29, 1.82) is 0 Å². The van der Waals surface area contributed by atoms with Gasteiger partial charge < -0.3 is 14.6 Å². The van der Waals surface area contributed by atoms with Crippen molar-refractivity contribution in [3.05, 3.63) is 28.8 Å². The van der Waals surface area contributed by atoms with Gasteiger partial charge in [-0.3, -0.25) is 14.1 Å². The first-order valence-electron chi connectivity index (χ1n) is 11.0. The van der Waals surface area contributed by atoms with Gasteiger partial charge in [0, 0.05) is 24.8 Å². The monoisotopic (exact) mass is 414 g/mol. The number of ether oxygens (including phenoxy) is 2. The maximum Gasteiger partial charge on any atom is 0.315 e. The second-order valence-electron chi connectivity index (χ2n) is 11.1. The highest BCUT2D eigenvalue weighted by Gasteiger charge is 2.76. The molecular formula is C24H32NO5+. The molecule has 0 radical (unpaired) electrons. The van der Waals surface area contributed by atoms with E-state index in [1.54, 1.807) is 0 Å². The van der Waals surface area contributed by atoms with Crippen LogP contribution in [0.15, 0.2) is 12.1 Å². The molecule has 1 N–H and O–H groups in total. The number of esters is 1. The van der Waals surface area contributed by atoms with Crippen molar-refractivity contribution in [3.63, 3.8) is 0 Å². The summed E-state index contributed by atoms with van der Waals surface area (Å²) in [6.07, 6.45) is 1.48. The van der Waals surface area contributed by atoms with Crippen molar-refractivity contribution < 1.29 is 28.7 Å². The largest absolute Gasteiger partial charge is 0.481 e. The van der Waals surface area contributed by atoms with E-state index in [0.29, 0.717) is 30.2 Å². The van der Waals surface area contributed by atoms with Crippen LogP contribution in [0.5, 0.6) is 5.75 Å². The van der Waals surface area contributed by atoms with Gasteiger partial charge >= 0.3 is 5.97 Å². The molecule has 1 spiro atoms. The molecule has 2 bridgehead atoms. The number of benzene rings is 1. The third-order valence-corrected chi connectivity index (χ3v) is 8.22. The summed E-state index contributed by atoms with van der Waals surface area (Å²) in [4.78, 5) is 25.4. The van der Waals surface area contributed by atoms with E-state index >= 15 is 0 Å². The predicted molar refractivity (Wildman–Crippen MR) is 110 cm³/mol. The number of quaternary nitrogens is 1. The number of carbonyl (C=O) groups excluding carboxylic acids is 2. The molecule has 1 aromatic carbocycles. The van der Waals surface area contributed by atoms with Crippen molar-refractivity contribution in [3.8, 4) is 5.75 Å². The van der Waals surface area contributed by atoms with Crippen LogP contribution in [0.1, 0.15) is 56.7 Å². The molecule has 5 rings (SSSR count). The molecule has 6 heteroatoms. The minimum absolute atomic E-state index is 0.0946. The summed E-state index contributed by atoms with van der Waals surface area (Å²) in [5.74, 6) is 0.668. The van der Waals surface area contributed by atoms with Crippen LogP contribution in [-0.4, -0.2) is 59.4 Å². The Bertz CT molecular complexity index is 965. The lowest BCUT2D eigenvalue weighted by Gasteiger charge is -2.63. The lowest BCUT2D eigenvalue weighted by Crippen LogP contribution is -2.81. The van der Waals surface area contributed by atoms with Gasteiger partial charge in [-0.05, 0) is 45.2 Å². The number of ketones is 1. The molecule has 5 atom stereocenters. The molecule has 0 amide bonds. The van der Waals surface area contributed by atoms with E-state index in [-0.39, 0.29) is 24.5 Å². The van der Waals surface area contributed by atoms with Crippen LogP contribution in [0.2, 0.25) is 0 Å². The molecule has 162 valence electrons. The molecule has 1 unspecified atom stereocenters. The average molecular weight is 415 g/mol. The first-order chi connectivity index (χ1) is 13.9. The van der Waals surface area contributed by atoms with E-state index in [0.717, 1.165) is 29.0 Å². The first kappa shape index (κ1) is 20.0. The van der Waals surface area contributed by atoms with Crippen molar-refractivity contribution in [2.75, 3.05) is 20.3 Å². The van der Waals surface area contributed by atoms with Crippen LogP contribution in [0.25, 0.3) is 0 Å². The Morgan fingerprint density at radius 1 is 1.33 bits per heavy atom. The second-order valence-corrected chi connectivity index (χ2v) is 11.1. The SMILES string of the molecule is Cc1ccc2c3c1O[C@H]1C(=O)CC[C@@]4(O)C(C2)[N@@+](C)(COC(=O)C(C)(C)C)CC[C@]314. The molecule has 2 aliphatic carbocycles. The van der Waals surface area contributed by atoms with Crippen LogP contribution in [0.4, 0.5) is 0 Å². The zero-order valence-corrected chi connectivity index (χ0v) is 18.6. The van der Waals surface area contributed by atoms with Crippen molar-refractivity contribution in [1.82, 2.24) is 0 Å². The van der Waals surface area contributed by atoms with Crippen LogP contribution in [0, 0.1) is 12.3 Å². The smallest absolute Gasteiger partial charge is 0.315 e. The highest BCUT2D eigenvalue weighted by Crippen LogP contribution is 2.64. The summed E-state index contributed by atoms with van der Waals surface area (Å²) >= 11 is 0. The Kier molecular flexibility index (Phi) is 3.91. The van der Waals surface area contributed by atoms with E-state index in [9.17, 15) is 14.7 Å². The van der Waals surface area contributed by atoms with Gasteiger partial charge in [-0.25, -0.2) is 0 Å². The normalized spacial score (nSPS) is 38.7. The number of piperidine rings is 1. The molecule has 0 aromatic heterocycles. The number of likely N-dealkylation sites (tertiary alicyclic amines) is 1. The number of Topliss-reactive ketones (excluding diaryl/α,β-unsaturated/α-hetero) is 1. The third-order valence-electron chi connectivity index (χ3n) is 8.22. The fourth-order valence-electron chi connectivity index (χ4n) is 6.55. The Balaban J connectivity index is 1.61. The first-order valence-corrected chi connectivity index (χ1v) is 11.0. The summed E-state index contributed by atoms with van der Waals surface area (Å²) < 4.78 is 12.5. The van der Waals surface area contributed by atoms with E-state index in [1.165, 1.54) is 0 Å². The minimum Gasteiger partial charge on any atom is -0.481 e. The molecule has 1 saturated carbocycles. The fourth-order valence-corrected chi connectivity index (χ4v) is 6.55. The number of aryl methyl sites for hydroxylation is 1. The predicted octanol–water partition coefficient (Wildman–Crippen LogP) is 2.41. The summed E-state index contributed by atoms with van der Waals surface area (Å²) in [7, 11) is 2.08. The van der Waals surface area contributed by atoms with Gasteiger partial charge in [0.1, 0.15) is 17.4 Å². The van der Waals surface area contributed by atoms with E-state index < -0.39 is 22.5 Å². The van der Waals surface area contributed by atoms with Gasteiger partial charge in [0.2, 0.25) is 6.73 Å². The zero-order valence-electron chi connectivity index (χ0n) is 18.6. The van der Waals surface area contributed by atoms with Gasteiger partial charge in [-0.2, -0.15) is 0 Å². The van der Waals surface area contributed by atoms with E-state index in [1.807, 2.05) is 27.7 Å². The standard InChI is InChI=1S/C24H32NO5/c1-14-6-7-15-12-17-24(28)9-8-16(26)20-23(24,18(15)19(14)30-20)10-11-25(17,5)13-29-21(27)22(2,3)4/h6-7,17,20,28H,8-13H2,1-5H3/q+1/t17?,20-,23-,24+,25+/m0/s1. The Hall–Kier alpha value is -1.92.